The van der Waals surface area contributed by atoms with Crippen LogP contribution in [0.15, 0.2) is 21.5 Å². The van der Waals surface area contributed by atoms with Gasteiger partial charge in [-0.15, -0.1) is 11.3 Å². The van der Waals surface area contributed by atoms with Crippen molar-refractivity contribution in [1.82, 2.24) is 25.7 Å². The number of carbonyl (C=O) groups is 2. The number of amides is 2. The fourth-order valence-electron chi connectivity index (χ4n) is 4.17. The van der Waals surface area contributed by atoms with Crippen LogP contribution in [0.1, 0.15) is 47.6 Å². The molecule has 27 heavy (non-hydrogen) atoms. The van der Waals surface area contributed by atoms with Crippen molar-refractivity contribution in [2.75, 3.05) is 13.1 Å². The number of nitrogens with one attached hydrogen (secondary N) is 2. The summed E-state index contributed by atoms with van der Waals surface area (Å²) in [6, 6.07) is 1.53. The highest BCUT2D eigenvalue weighted by atomic mass is 32.1. The molecule has 2 aliphatic rings. The Kier molecular flexibility index (Phi) is 4.96. The summed E-state index contributed by atoms with van der Waals surface area (Å²) in [4.78, 5) is 32.0. The summed E-state index contributed by atoms with van der Waals surface area (Å²) < 4.78 is 4.98. The van der Waals surface area contributed by atoms with Crippen molar-refractivity contribution in [3.05, 3.63) is 34.1 Å². The van der Waals surface area contributed by atoms with Gasteiger partial charge < -0.3 is 15.2 Å². The van der Waals surface area contributed by atoms with Gasteiger partial charge in [0.05, 0.1) is 17.7 Å². The van der Waals surface area contributed by atoms with Crippen LogP contribution in [0, 0.1) is 6.92 Å². The van der Waals surface area contributed by atoms with E-state index < -0.39 is 5.54 Å². The summed E-state index contributed by atoms with van der Waals surface area (Å²) in [6.07, 6.45) is 3.51. The summed E-state index contributed by atoms with van der Waals surface area (Å²) in [6.45, 7) is 3.74. The number of rotatable bonds is 5. The van der Waals surface area contributed by atoms with Gasteiger partial charge in [0.25, 0.3) is 5.91 Å². The number of hydrogen-bond acceptors (Lipinski definition) is 7. The van der Waals surface area contributed by atoms with Gasteiger partial charge in [-0.2, -0.15) is 0 Å². The van der Waals surface area contributed by atoms with Crippen LogP contribution >= 0.6 is 11.3 Å². The molecule has 2 aromatic heterocycles. The zero-order valence-corrected chi connectivity index (χ0v) is 16.1. The summed E-state index contributed by atoms with van der Waals surface area (Å²) in [7, 11) is 0. The van der Waals surface area contributed by atoms with Crippen molar-refractivity contribution in [2.24, 2.45) is 0 Å². The first kappa shape index (κ1) is 18.1. The van der Waals surface area contributed by atoms with Crippen molar-refractivity contribution < 1.29 is 14.1 Å². The minimum Gasteiger partial charge on any atom is -0.361 e. The monoisotopic (exact) mass is 389 g/mol. The topological polar surface area (TPSA) is 100 Å². The van der Waals surface area contributed by atoms with E-state index in [-0.39, 0.29) is 23.6 Å². The molecule has 0 aliphatic carbocycles. The predicted octanol–water partition coefficient (Wildman–Crippen LogP) is 1.48. The maximum absolute atomic E-state index is 13.1. The van der Waals surface area contributed by atoms with E-state index in [1.54, 1.807) is 18.5 Å². The number of aryl methyl sites for hydroxylation is 1. The number of fused-ring (bicyclic) bond motifs is 1. The Hall–Kier alpha value is -2.26. The van der Waals surface area contributed by atoms with E-state index in [0.29, 0.717) is 25.3 Å². The summed E-state index contributed by atoms with van der Waals surface area (Å²) in [5, 5.41) is 11.8. The smallest absolute Gasteiger partial charge is 0.273 e. The minimum atomic E-state index is -0.550. The molecule has 2 fully saturated rings. The molecule has 2 atom stereocenters. The lowest BCUT2D eigenvalue weighted by Gasteiger charge is -2.40. The van der Waals surface area contributed by atoms with E-state index in [1.165, 1.54) is 11.3 Å². The Labute approximate surface area is 161 Å². The zero-order chi connectivity index (χ0) is 18.9. The van der Waals surface area contributed by atoms with Crippen LogP contribution in [0.5, 0.6) is 0 Å². The number of carbonyl (C=O) groups excluding carboxylic acids is 2. The Morgan fingerprint density at radius 2 is 2.33 bits per heavy atom. The van der Waals surface area contributed by atoms with Crippen molar-refractivity contribution in [2.45, 2.75) is 50.7 Å². The lowest BCUT2D eigenvalue weighted by atomic mass is 9.84. The van der Waals surface area contributed by atoms with Gasteiger partial charge in [0.2, 0.25) is 5.91 Å². The molecule has 4 heterocycles. The second-order valence-electron chi connectivity index (χ2n) is 7.29. The second-order valence-corrected chi connectivity index (χ2v) is 8.01. The van der Waals surface area contributed by atoms with E-state index in [2.05, 4.69) is 25.7 Å². The van der Waals surface area contributed by atoms with Crippen molar-refractivity contribution in [3.8, 4) is 0 Å². The Morgan fingerprint density at radius 3 is 3.07 bits per heavy atom. The number of piperidine rings is 1. The molecule has 0 aromatic carbocycles. The Morgan fingerprint density at radius 1 is 1.44 bits per heavy atom. The highest BCUT2D eigenvalue weighted by Gasteiger charge is 2.52. The molecule has 144 valence electrons. The molecule has 2 aromatic rings. The fourth-order valence-corrected chi connectivity index (χ4v) is 4.73. The van der Waals surface area contributed by atoms with Crippen molar-refractivity contribution >= 4 is 23.2 Å². The first-order valence-electron chi connectivity index (χ1n) is 9.21. The molecule has 0 bridgehead atoms. The molecule has 0 saturated carbocycles. The third-order valence-corrected chi connectivity index (χ3v) is 6.07. The van der Waals surface area contributed by atoms with Crippen molar-refractivity contribution in [3.63, 3.8) is 0 Å². The molecule has 0 spiro atoms. The zero-order valence-electron chi connectivity index (χ0n) is 15.2. The third kappa shape index (κ3) is 3.61. The molecule has 0 radical (unpaired) electrons. The van der Waals surface area contributed by atoms with Crippen LogP contribution in [0.2, 0.25) is 0 Å². The lowest BCUT2D eigenvalue weighted by molar-refractivity contribution is -0.134. The molecule has 9 heteroatoms. The maximum atomic E-state index is 13.1. The Bertz CT molecular complexity index is 821. The molecule has 0 unspecified atom stereocenters. The first-order valence-corrected chi connectivity index (χ1v) is 10.2. The van der Waals surface area contributed by atoms with Crippen LogP contribution in [0.3, 0.4) is 0 Å². The first-order chi connectivity index (χ1) is 13.1. The van der Waals surface area contributed by atoms with Gasteiger partial charge in [-0.05, 0) is 39.2 Å². The van der Waals surface area contributed by atoms with E-state index in [9.17, 15) is 9.59 Å². The molecule has 2 amide bonds. The normalized spacial score (nSPS) is 25.1. The van der Waals surface area contributed by atoms with E-state index in [1.807, 2.05) is 5.38 Å². The van der Waals surface area contributed by atoms with Crippen LogP contribution in [-0.2, 0) is 11.3 Å². The third-order valence-electron chi connectivity index (χ3n) is 5.43. The van der Waals surface area contributed by atoms with Gasteiger partial charge in [0.15, 0.2) is 5.69 Å². The fraction of sp³-hybridized carbons (Fsp3) is 0.556. The van der Waals surface area contributed by atoms with Crippen LogP contribution in [-0.4, -0.2) is 51.5 Å². The van der Waals surface area contributed by atoms with E-state index in [0.717, 1.165) is 31.5 Å². The standard InChI is InChI=1S/C18H23N5O3S/c1-12-6-15(22-26-12)16(24)21-13-7-18(4-2-3-5-23(18)9-13)17(25)19-8-14-10-27-11-20-14/h6,10-11,13H,2-5,7-9H2,1H3,(H,19,25)(H,21,24)/t13-,18-/m0/s1. The van der Waals surface area contributed by atoms with Gasteiger partial charge in [0.1, 0.15) is 11.3 Å². The average molecular weight is 389 g/mol. The van der Waals surface area contributed by atoms with Crippen LogP contribution in [0.4, 0.5) is 0 Å². The largest absolute Gasteiger partial charge is 0.361 e. The van der Waals surface area contributed by atoms with Gasteiger partial charge in [-0.3, -0.25) is 14.5 Å². The highest BCUT2D eigenvalue weighted by molar-refractivity contribution is 7.07. The number of hydrogen-bond donors (Lipinski definition) is 2. The molecular formula is C18H23N5O3S. The Balaban J connectivity index is 1.44. The molecule has 2 N–H and O–H groups in total. The molecule has 2 aliphatic heterocycles. The second kappa shape index (κ2) is 7.40. The number of aromatic nitrogens is 2. The highest BCUT2D eigenvalue weighted by Crippen LogP contribution is 2.38. The predicted molar refractivity (Wildman–Crippen MR) is 99.2 cm³/mol. The van der Waals surface area contributed by atoms with Crippen LogP contribution in [0.25, 0.3) is 0 Å². The number of thiazole rings is 1. The van der Waals surface area contributed by atoms with Gasteiger partial charge in [-0.25, -0.2) is 4.98 Å². The van der Waals surface area contributed by atoms with E-state index >= 15 is 0 Å². The lowest BCUT2D eigenvalue weighted by Crippen LogP contribution is -2.57. The van der Waals surface area contributed by atoms with Gasteiger partial charge in [0, 0.05) is 24.0 Å². The van der Waals surface area contributed by atoms with E-state index in [4.69, 9.17) is 4.52 Å². The number of nitrogens with zero attached hydrogens (tertiary/aromatic N) is 3. The average Bonchev–Trinajstić information content (AvgIpc) is 3.39. The van der Waals surface area contributed by atoms with Gasteiger partial charge >= 0.3 is 0 Å². The van der Waals surface area contributed by atoms with Crippen LogP contribution < -0.4 is 10.6 Å². The quantitative estimate of drug-likeness (QED) is 0.803. The van der Waals surface area contributed by atoms with Crippen molar-refractivity contribution in [1.29, 1.82) is 0 Å². The molecule has 8 nitrogen and oxygen atoms in total. The van der Waals surface area contributed by atoms with Gasteiger partial charge in [-0.1, -0.05) is 5.16 Å². The summed E-state index contributed by atoms with van der Waals surface area (Å²) >= 11 is 1.52. The molecule has 2 saturated heterocycles. The molecule has 4 rings (SSSR count). The maximum Gasteiger partial charge on any atom is 0.273 e. The summed E-state index contributed by atoms with van der Waals surface area (Å²) in [5.74, 6) is 0.376. The summed E-state index contributed by atoms with van der Waals surface area (Å²) in [5.41, 5.74) is 2.36. The minimum absolute atomic E-state index is 0.0317. The molecular weight excluding hydrogens is 366 g/mol. The SMILES string of the molecule is Cc1cc(C(=O)N[C@@H]2CN3CCCC[C@@]3(C(=O)NCc3cscn3)C2)no1.